The summed E-state index contributed by atoms with van der Waals surface area (Å²) in [5.41, 5.74) is 0.503. The number of methoxy groups -OCH3 is 1. The van der Waals surface area contributed by atoms with Gasteiger partial charge in [-0.3, -0.25) is 9.69 Å². The van der Waals surface area contributed by atoms with E-state index in [1.54, 1.807) is 12.1 Å². The molecule has 1 aromatic rings. The van der Waals surface area contributed by atoms with Gasteiger partial charge in [0.05, 0.1) is 7.11 Å². The maximum Gasteiger partial charge on any atom is 0.254 e. The highest BCUT2D eigenvalue weighted by Crippen LogP contribution is 2.27. The van der Waals surface area contributed by atoms with Crippen molar-refractivity contribution in [1.29, 1.82) is 0 Å². The molecule has 1 atom stereocenters. The number of likely N-dealkylation sites (N-methyl/N-ethyl adjacent to an activating group) is 1. The monoisotopic (exact) mass is 278 g/mol. The minimum atomic E-state index is -0.0329. The van der Waals surface area contributed by atoms with Crippen molar-refractivity contribution in [3.05, 3.63) is 23.8 Å². The summed E-state index contributed by atoms with van der Waals surface area (Å²) in [6.45, 7) is 4.47. The first-order valence-corrected chi connectivity index (χ1v) is 6.93. The molecule has 5 nitrogen and oxygen atoms in total. The van der Waals surface area contributed by atoms with Crippen LogP contribution in [0.15, 0.2) is 18.2 Å². The van der Waals surface area contributed by atoms with E-state index >= 15 is 0 Å². The fourth-order valence-electron chi connectivity index (χ4n) is 2.58. The highest BCUT2D eigenvalue weighted by Gasteiger charge is 2.27. The summed E-state index contributed by atoms with van der Waals surface area (Å²) in [5.74, 6) is 0.348. The van der Waals surface area contributed by atoms with Gasteiger partial charge in [-0.15, -0.1) is 0 Å². The highest BCUT2D eigenvalue weighted by molar-refractivity contribution is 5.95. The Kier molecular flexibility index (Phi) is 4.49. The second-order valence-corrected chi connectivity index (χ2v) is 5.18. The Hall–Kier alpha value is -1.75. The molecule has 5 heteroatoms. The van der Waals surface area contributed by atoms with Crippen LogP contribution in [0.5, 0.6) is 11.5 Å². The van der Waals surface area contributed by atoms with Crippen molar-refractivity contribution in [1.82, 2.24) is 9.80 Å². The van der Waals surface area contributed by atoms with Crippen LogP contribution in [0.3, 0.4) is 0 Å². The van der Waals surface area contributed by atoms with E-state index in [0.717, 1.165) is 26.1 Å². The second kappa shape index (κ2) is 6.13. The zero-order valence-electron chi connectivity index (χ0n) is 12.3. The topological polar surface area (TPSA) is 53.0 Å². The highest BCUT2D eigenvalue weighted by atomic mass is 16.5. The van der Waals surface area contributed by atoms with Crippen molar-refractivity contribution in [2.24, 2.45) is 0 Å². The minimum Gasteiger partial charge on any atom is -0.504 e. The van der Waals surface area contributed by atoms with Crippen molar-refractivity contribution in [3.63, 3.8) is 0 Å². The quantitative estimate of drug-likeness (QED) is 0.912. The molecule has 0 aromatic heterocycles. The summed E-state index contributed by atoms with van der Waals surface area (Å²) in [7, 11) is 3.58. The van der Waals surface area contributed by atoms with Crippen molar-refractivity contribution in [2.75, 3.05) is 33.8 Å². The number of ether oxygens (including phenoxy) is 1. The van der Waals surface area contributed by atoms with Crippen LogP contribution in [-0.4, -0.2) is 60.6 Å². The number of amides is 1. The van der Waals surface area contributed by atoms with E-state index in [1.165, 1.54) is 13.2 Å². The Morgan fingerprint density at radius 3 is 2.80 bits per heavy atom. The summed E-state index contributed by atoms with van der Waals surface area (Å²) in [5, 5.41) is 9.77. The van der Waals surface area contributed by atoms with E-state index in [2.05, 4.69) is 18.9 Å². The smallest absolute Gasteiger partial charge is 0.254 e. The Bertz CT molecular complexity index is 490. The van der Waals surface area contributed by atoms with E-state index in [9.17, 15) is 9.90 Å². The molecule has 1 N–H and O–H groups in total. The lowest BCUT2D eigenvalue weighted by Crippen LogP contribution is -2.52. The van der Waals surface area contributed by atoms with E-state index < -0.39 is 0 Å². The zero-order valence-corrected chi connectivity index (χ0v) is 12.3. The van der Waals surface area contributed by atoms with Crippen LogP contribution in [0.25, 0.3) is 0 Å². The first-order valence-electron chi connectivity index (χ1n) is 6.93. The van der Waals surface area contributed by atoms with Gasteiger partial charge in [-0.1, -0.05) is 6.92 Å². The maximum atomic E-state index is 12.5. The molecule has 1 heterocycles. The summed E-state index contributed by atoms with van der Waals surface area (Å²) in [4.78, 5) is 16.6. The Labute approximate surface area is 119 Å². The van der Waals surface area contributed by atoms with Crippen LogP contribution in [0.2, 0.25) is 0 Å². The van der Waals surface area contributed by atoms with Gasteiger partial charge in [0.2, 0.25) is 0 Å². The summed E-state index contributed by atoms with van der Waals surface area (Å²) >= 11 is 0. The molecular weight excluding hydrogens is 256 g/mol. The number of phenols is 1. The van der Waals surface area contributed by atoms with Crippen LogP contribution in [-0.2, 0) is 0 Å². The van der Waals surface area contributed by atoms with Crippen LogP contribution < -0.4 is 4.74 Å². The largest absolute Gasteiger partial charge is 0.504 e. The minimum absolute atomic E-state index is 0.000445. The van der Waals surface area contributed by atoms with Crippen molar-refractivity contribution in [2.45, 2.75) is 19.4 Å². The number of nitrogens with zero attached hydrogens (tertiary/aromatic N) is 2. The number of rotatable bonds is 3. The number of hydrogen-bond acceptors (Lipinski definition) is 4. The molecule has 1 aromatic carbocycles. The summed E-state index contributed by atoms with van der Waals surface area (Å²) in [6.07, 6.45) is 1.02. The van der Waals surface area contributed by atoms with Gasteiger partial charge in [-0.25, -0.2) is 0 Å². The molecular formula is C15H22N2O3. The van der Waals surface area contributed by atoms with Gasteiger partial charge in [-0.2, -0.15) is 0 Å². The van der Waals surface area contributed by atoms with Crippen LogP contribution in [0, 0.1) is 0 Å². The number of phenolic OH excluding ortho intramolecular Hbond substituents is 1. The molecule has 0 saturated carbocycles. The molecule has 1 saturated heterocycles. The molecule has 0 spiro atoms. The second-order valence-electron chi connectivity index (χ2n) is 5.18. The number of hydrogen-bond donors (Lipinski definition) is 1. The van der Waals surface area contributed by atoms with Gasteiger partial charge in [0.1, 0.15) is 0 Å². The lowest BCUT2D eigenvalue weighted by molar-refractivity contribution is 0.0541. The van der Waals surface area contributed by atoms with E-state index in [-0.39, 0.29) is 11.7 Å². The van der Waals surface area contributed by atoms with E-state index in [1.807, 2.05) is 4.90 Å². The third-order valence-electron chi connectivity index (χ3n) is 3.96. The summed E-state index contributed by atoms with van der Waals surface area (Å²) < 4.78 is 4.99. The first kappa shape index (κ1) is 14.7. The van der Waals surface area contributed by atoms with Gasteiger partial charge in [-0.05, 0) is 31.7 Å². The number of carbonyl (C=O) groups is 1. The normalized spacial score (nSPS) is 19.9. The lowest BCUT2D eigenvalue weighted by atomic mass is 10.1. The van der Waals surface area contributed by atoms with Gasteiger partial charge in [0, 0.05) is 31.2 Å². The average molecular weight is 278 g/mol. The van der Waals surface area contributed by atoms with Crippen LogP contribution in [0.4, 0.5) is 0 Å². The Balaban J connectivity index is 2.13. The van der Waals surface area contributed by atoms with Crippen LogP contribution in [0.1, 0.15) is 23.7 Å². The van der Waals surface area contributed by atoms with Gasteiger partial charge < -0.3 is 14.7 Å². The summed E-state index contributed by atoms with van der Waals surface area (Å²) in [6, 6.07) is 5.19. The van der Waals surface area contributed by atoms with Gasteiger partial charge in [0.15, 0.2) is 11.5 Å². The van der Waals surface area contributed by atoms with Crippen molar-refractivity contribution < 1.29 is 14.6 Å². The third-order valence-corrected chi connectivity index (χ3v) is 3.96. The molecule has 0 bridgehead atoms. The fourth-order valence-corrected chi connectivity index (χ4v) is 2.58. The predicted molar refractivity (Wildman–Crippen MR) is 77.3 cm³/mol. The number of benzene rings is 1. The first-order chi connectivity index (χ1) is 9.56. The molecule has 0 radical (unpaired) electrons. The van der Waals surface area contributed by atoms with E-state index in [4.69, 9.17) is 4.74 Å². The average Bonchev–Trinajstić information content (AvgIpc) is 2.47. The molecule has 1 fully saturated rings. The lowest BCUT2D eigenvalue weighted by Gasteiger charge is -2.39. The molecule has 2 rings (SSSR count). The van der Waals surface area contributed by atoms with Crippen LogP contribution >= 0.6 is 0 Å². The molecule has 1 unspecified atom stereocenters. The molecule has 1 amide bonds. The number of piperazine rings is 1. The molecule has 1 aliphatic rings. The molecule has 0 aliphatic carbocycles. The number of aromatic hydroxyl groups is 1. The zero-order chi connectivity index (χ0) is 14.7. The third kappa shape index (κ3) is 2.88. The predicted octanol–water partition coefficient (Wildman–Crippen LogP) is 1.57. The fraction of sp³-hybridized carbons (Fsp3) is 0.533. The Morgan fingerprint density at radius 1 is 1.45 bits per heavy atom. The Morgan fingerprint density at radius 2 is 2.20 bits per heavy atom. The van der Waals surface area contributed by atoms with Gasteiger partial charge >= 0.3 is 0 Å². The van der Waals surface area contributed by atoms with Crippen molar-refractivity contribution >= 4 is 5.91 Å². The van der Waals surface area contributed by atoms with Crippen molar-refractivity contribution in [3.8, 4) is 11.5 Å². The standard InChI is InChI=1S/C15H22N2O3/c1-4-12-10-17(8-7-16(12)2)15(19)11-5-6-14(20-3)13(18)9-11/h5-6,9,12,18H,4,7-8,10H2,1-3H3. The molecule has 20 heavy (non-hydrogen) atoms. The molecule has 110 valence electrons. The maximum absolute atomic E-state index is 12.5. The van der Waals surface area contributed by atoms with Gasteiger partial charge in [0.25, 0.3) is 5.91 Å². The SMILES string of the molecule is CCC1CN(C(=O)c2ccc(OC)c(O)c2)CCN1C. The number of carbonyl (C=O) groups excluding carboxylic acids is 1. The van der Waals surface area contributed by atoms with E-state index in [0.29, 0.717) is 17.4 Å². The molecule has 1 aliphatic heterocycles.